The van der Waals surface area contributed by atoms with Crippen LogP contribution in [0.2, 0.25) is 0 Å². The van der Waals surface area contributed by atoms with Gasteiger partial charge in [0.2, 0.25) is 11.6 Å². The van der Waals surface area contributed by atoms with Crippen molar-refractivity contribution in [1.29, 1.82) is 0 Å². The van der Waals surface area contributed by atoms with Gasteiger partial charge in [-0.25, -0.2) is 22.8 Å². The second-order valence-corrected chi connectivity index (χ2v) is 12.1. The Balaban J connectivity index is 1.40. The molecule has 10 nitrogen and oxygen atoms in total. The van der Waals surface area contributed by atoms with Gasteiger partial charge in [0.1, 0.15) is 12.1 Å². The van der Waals surface area contributed by atoms with Crippen molar-refractivity contribution in [2.75, 3.05) is 23.6 Å². The van der Waals surface area contributed by atoms with Crippen LogP contribution in [0.4, 0.5) is 21.7 Å². The first-order valence-corrected chi connectivity index (χ1v) is 14.3. The quantitative estimate of drug-likeness (QED) is 0.373. The van der Waals surface area contributed by atoms with Crippen LogP contribution in [0.5, 0.6) is 5.75 Å². The predicted octanol–water partition coefficient (Wildman–Crippen LogP) is 4.58. The second kappa shape index (κ2) is 9.23. The van der Waals surface area contributed by atoms with Crippen molar-refractivity contribution < 1.29 is 22.1 Å². The van der Waals surface area contributed by atoms with Crippen LogP contribution < -0.4 is 15.0 Å². The van der Waals surface area contributed by atoms with E-state index in [0.29, 0.717) is 35.1 Å². The van der Waals surface area contributed by atoms with Crippen molar-refractivity contribution in [2.45, 2.75) is 74.8 Å². The third-order valence-corrected chi connectivity index (χ3v) is 8.56. The molecule has 0 radical (unpaired) electrons. The summed E-state index contributed by atoms with van der Waals surface area (Å²) in [7, 11) is -2.00. The molecule has 2 aromatic heterocycles. The van der Waals surface area contributed by atoms with Crippen LogP contribution in [0.1, 0.15) is 70.0 Å². The number of halogens is 1. The van der Waals surface area contributed by atoms with Crippen LogP contribution in [-0.2, 0) is 9.84 Å². The molecule has 1 aliphatic heterocycles. The third kappa shape index (κ3) is 4.41. The van der Waals surface area contributed by atoms with Gasteiger partial charge >= 0.3 is 0 Å². The first-order valence-electron chi connectivity index (χ1n) is 12.4. The highest BCUT2D eigenvalue weighted by Gasteiger charge is 2.70. The van der Waals surface area contributed by atoms with Crippen LogP contribution >= 0.6 is 0 Å². The zero-order valence-corrected chi connectivity index (χ0v) is 22.3. The second-order valence-electron chi connectivity index (χ2n) is 10.1. The van der Waals surface area contributed by atoms with E-state index in [4.69, 9.17) is 9.26 Å². The minimum atomic E-state index is -3.52. The van der Waals surface area contributed by atoms with Gasteiger partial charge in [0, 0.05) is 18.1 Å². The Morgan fingerprint density at radius 3 is 2.68 bits per heavy atom. The number of sulfone groups is 1. The van der Waals surface area contributed by atoms with Crippen LogP contribution in [0, 0.1) is 5.82 Å². The van der Waals surface area contributed by atoms with Crippen molar-refractivity contribution in [3.8, 4) is 5.75 Å². The van der Waals surface area contributed by atoms with Crippen LogP contribution in [0.3, 0.4) is 0 Å². The Hall–Kier alpha value is -3.28. The first kappa shape index (κ1) is 25.4. The van der Waals surface area contributed by atoms with E-state index in [0.717, 1.165) is 38.0 Å². The molecular formula is C25H31FN6O4S. The van der Waals surface area contributed by atoms with Crippen molar-refractivity contribution in [1.82, 2.24) is 20.1 Å². The lowest BCUT2D eigenvalue weighted by Gasteiger charge is -2.25. The van der Waals surface area contributed by atoms with Gasteiger partial charge in [-0.3, -0.25) is 0 Å². The molecule has 37 heavy (non-hydrogen) atoms. The van der Waals surface area contributed by atoms with Gasteiger partial charge in [-0.2, -0.15) is 4.98 Å². The summed E-state index contributed by atoms with van der Waals surface area (Å²) in [6.07, 6.45) is 6.22. The molecule has 2 aliphatic rings. The van der Waals surface area contributed by atoms with E-state index in [1.807, 2.05) is 13.8 Å². The van der Waals surface area contributed by atoms with E-state index >= 15 is 0 Å². The van der Waals surface area contributed by atoms with Crippen molar-refractivity contribution in [3.63, 3.8) is 0 Å². The maximum Gasteiger partial charge on any atom is 0.229 e. The molecule has 5 rings (SSSR count). The maximum absolute atomic E-state index is 14.7. The van der Waals surface area contributed by atoms with E-state index in [1.54, 1.807) is 0 Å². The molecule has 1 aliphatic carbocycles. The van der Waals surface area contributed by atoms with Gasteiger partial charge in [-0.15, -0.1) is 0 Å². The Bertz CT molecular complexity index is 1430. The number of aromatic nitrogens is 4. The summed E-state index contributed by atoms with van der Waals surface area (Å²) in [5.74, 6) is 2.34. The molecule has 3 unspecified atom stereocenters. The van der Waals surface area contributed by atoms with Crippen LogP contribution in [-0.4, -0.2) is 53.5 Å². The lowest BCUT2D eigenvalue weighted by molar-refractivity contribution is 0.304. The topological polar surface area (TPSA) is 123 Å². The number of fused-ring (bicyclic) bond motifs is 1. The van der Waals surface area contributed by atoms with Crippen molar-refractivity contribution in [3.05, 3.63) is 42.1 Å². The van der Waals surface area contributed by atoms with E-state index in [2.05, 4.69) is 37.2 Å². The Kier molecular flexibility index (Phi) is 6.33. The van der Waals surface area contributed by atoms with E-state index in [-0.39, 0.29) is 28.0 Å². The average molecular weight is 531 g/mol. The minimum absolute atomic E-state index is 0.0750. The summed E-state index contributed by atoms with van der Waals surface area (Å²) in [5, 5.41) is 7.08. The molecule has 3 heterocycles. The summed E-state index contributed by atoms with van der Waals surface area (Å²) in [6, 6.07) is 4.02. The highest BCUT2D eigenvalue weighted by Crippen LogP contribution is 2.63. The fourth-order valence-electron chi connectivity index (χ4n) is 5.24. The molecule has 1 aromatic carbocycles. The van der Waals surface area contributed by atoms with E-state index in [9.17, 15) is 12.8 Å². The Morgan fingerprint density at radius 2 is 2.11 bits per heavy atom. The lowest BCUT2D eigenvalue weighted by atomic mass is 9.78. The Morgan fingerprint density at radius 1 is 1.32 bits per heavy atom. The number of rotatable bonds is 10. The van der Waals surface area contributed by atoms with Crippen molar-refractivity contribution >= 4 is 27.2 Å². The molecule has 3 aromatic rings. The molecule has 2 fully saturated rings. The highest BCUT2D eigenvalue weighted by atomic mass is 32.2. The molecule has 12 heteroatoms. The standard InChI is InChI=1S/C25H31FN6O4S/c1-6-15(24-30-21(14(2)3)31-36-24)12-25-10-9-19(25)32(25)23-20(35-4)22(27-13-28-23)29-18-8-7-16(11-17(18)26)37(5,33)34/h7-8,11,13-15,19H,6,9-10,12H2,1-5H3,(H,27,28,29). The molecule has 0 bridgehead atoms. The maximum atomic E-state index is 14.7. The Labute approximate surface area is 215 Å². The van der Waals surface area contributed by atoms with Gasteiger partial charge in [0.25, 0.3) is 0 Å². The van der Waals surface area contributed by atoms with Crippen LogP contribution in [0.25, 0.3) is 0 Å². The molecular weight excluding hydrogens is 499 g/mol. The predicted molar refractivity (Wildman–Crippen MR) is 136 cm³/mol. The molecule has 3 atom stereocenters. The fourth-order valence-corrected chi connectivity index (χ4v) is 5.87. The van der Waals surface area contributed by atoms with Gasteiger partial charge in [-0.1, -0.05) is 25.9 Å². The number of hydrogen-bond acceptors (Lipinski definition) is 10. The zero-order valence-electron chi connectivity index (χ0n) is 21.5. The molecule has 0 amide bonds. The SMILES string of the molecule is CCC(CC12CCC1N2c1ncnc(Nc2ccc(S(C)(=O)=O)cc2F)c1OC)c1nc(C(C)C)no1. The van der Waals surface area contributed by atoms with Gasteiger partial charge in [0.15, 0.2) is 27.3 Å². The molecule has 198 valence electrons. The fraction of sp³-hybridized carbons (Fsp3) is 0.520. The summed E-state index contributed by atoms with van der Waals surface area (Å²) in [5.41, 5.74) is 0.0104. The summed E-state index contributed by atoms with van der Waals surface area (Å²) < 4.78 is 49.5. The third-order valence-electron chi connectivity index (χ3n) is 7.45. The number of anilines is 3. The molecule has 0 spiro atoms. The number of ether oxygens (including phenoxy) is 1. The smallest absolute Gasteiger partial charge is 0.229 e. The summed E-state index contributed by atoms with van der Waals surface area (Å²) in [6.45, 7) is 6.20. The number of hydrogen-bond donors (Lipinski definition) is 1. The lowest BCUT2D eigenvalue weighted by Crippen LogP contribution is -2.29. The summed E-state index contributed by atoms with van der Waals surface area (Å²) >= 11 is 0. The zero-order chi connectivity index (χ0) is 26.5. The monoisotopic (exact) mass is 530 g/mol. The van der Waals surface area contributed by atoms with E-state index in [1.165, 1.54) is 25.6 Å². The first-order chi connectivity index (χ1) is 17.6. The molecule has 1 N–H and O–H groups in total. The summed E-state index contributed by atoms with van der Waals surface area (Å²) in [4.78, 5) is 15.6. The van der Waals surface area contributed by atoms with Crippen molar-refractivity contribution in [2.24, 2.45) is 0 Å². The number of methoxy groups -OCH3 is 1. The largest absolute Gasteiger partial charge is 0.490 e. The van der Waals surface area contributed by atoms with Gasteiger partial charge < -0.3 is 19.5 Å². The number of nitrogens with one attached hydrogen (secondary N) is 1. The van der Waals surface area contributed by atoms with Gasteiger partial charge in [-0.05, 0) is 43.9 Å². The number of benzene rings is 1. The average Bonchev–Trinajstić information content (AvgIpc) is 3.16. The normalized spacial score (nSPS) is 21.4. The molecule has 1 saturated carbocycles. The molecule has 1 saturated heterocycles. The van der Waals surface area contributed by atoms with E-state index < -0.39 is 15.7 Å². The minimum Gasteiger partial charge on any atom is -0.490 e. The number of nitrogens with zero attached hydrogens (tertiary/aromatic N) is 5. The van der Waals surface area contributed by atoms with Gasteiger partial charge in [0.05, 0.1) is 29.3 Å². The van der Waals surface area contributed by atoms with Crippen LogP contribution in [0.15, 0.2) is 33.9 Å². The highest BCUT2D eigenvalue weighted by molar-refractivity contribution is 7.90.